The second-order valence-corrected chi connectivity index (χ2v) is 12.3. The van der Waals surface area contributed by atoms with Crippen LogP contribution in [0.3, 0.4) is 0 Å². The van der Waals surface area contributed by atoms with E-state index in [4.69, 9.17) is 4.98 Å². The molecule has 0 spiro atoms. The smallest absolute Gasteiger partial charge is 0.115 e. The molecule has 0 aliphatic heterocycles. The van der Waals surface area contributed by atoms with E-state index in [9.17, 15) is 0 Å². The van der Waals surface area contributed by atoms with Crippen LogP contribution in [-0.4, -0.2) is 18.0 Å². The molecule has 3 aromatic carbocycles. The molecular formula is C26H22N2Si. The lowest BCUT2D eigenvalue weighted by molar-refractivity contribution is 1.38. The molecule has 0 fully saturated rings. The van der Waals surface area contributed by atoms with E-state index in [1.54, 1.807) is 0 Å². The summed E-state index contributed by atoms with van der Waals surface area (Å²) in [5, 5.41) is 5.05. The van der Waals surface area contributed by atoms with Gasteiger partial charge in [-0.05, 0) is 11.3 Å². The molecule has 0 saturated carbocycles. The Kier molecular flexibility index (Phi) is 4.25. The van der Waals surface area contributed by atoms with Gasteiger partial charge in [0, 0.05) is 22.5 Å². The van der Waals surface area contributed by atoms with Gasteiger partial charge in [0.25, 0.3) is 0 Å². The molecule has 0 radical (unpaired) electrons. The minimum Gasteiger partial charge on any atom is -0.254 e. The quantitative estimate of drug-likeness (QED) is 0.310. The molecule has 0 saturated heterocycles. The highest BCUT2D eigenvalue weighted by atomic mass is 28.3. The number of rotatable bonds is 3. The van der Waals surface area contributed by atoms with E-state index in [1.165, 1.54) is 10.4 Å². The Morgan fingerprint density at radius 1 is 0.655 bits per heavy atom. The van der Waals surface area contributed by atoms with Crippen molar-refractivity contribution in [1.82, 2.24) is 9.97 Å². The average Bonchev–Trinajstić information content (AvgIpc) is 2.79. The third kappa shape index (κ3) is 3.04. The van der Waals surface area contributed by atoms with Gasteiger partial charge >= 0.3 is 0 Å². The van der Waals surface area contributed by atoms with Crippen LogP contribution < -0.4 is 10.4 Å². The predicted octanol–water partition coefficient (Wildman–Crippen LogP) is 5.27. The molecule has 0 amide bonds. The topological polar surface area (TPSA) is 25.8 Å². The summed E-state index contributed by atoms with van der Waals surface area (Å²) in [5.74, 6) is 0. The van der Waals surface area contributed by atoms with Gasteiger partial charge in [-0.2, -0.15) is 0 Å². The van der Waals surface area contributed by atoms with E-state index in [0.717, 1.165) is 33.1 Å². The summed E-state index contributed by atoms with van der Waals surface area (Å²) in [6.07, 6.45) is 1.85. The van der Waals surface area contributed by atoms with Crippen molar-refractivity contribution in [3.05, 3.63) is 97.2 Å². The summed E-state index contributed by atoms with van der Waals surface area (Å²) in [6.45, 7) is 4.83. The lowest BCUT2D eigenvalue weighted by atomic mass is 10.1. The molecule has 0 bridgehead atoms. The van der Waals surface area contributed by atoms with E-state index >= 15 is 0 Å². The van der Waals surface area contributed by atoms with Gasteiger partial charge in [-0.25, -0.2) is 4.98 Å². The fraction of sp³-hybridized carbons (Fsp3) is 0.0769. The summed E-state index contributed by atoms with van der Waals surface area (Å²) >= 11 is 0. The number of nitrogens with zero attached hydrogens (tertiary/aromatic N) is 2. The van der Waals surface area contributed by atoms with Gasteiger partial charge in [0.15, 0.2) is 0 Å². The molecule has 5 rings (SSSR count). The third-order valence-electron chi connectivity index (χ3n) is 5.77. The number of aromatic nitrogens is 2. The molecule has 0 atom stereocenters. The summed E-state index contributed by atoms with van der Waals surface area (Å²) in [5.41, 5.74) is 4.18. The second-order valence-electron chi connectivity index (χ2n) is 7.95. The number of fused-ring (bicyclic) bond motifs is 3. The van der Waals surface area contributed by atoms with Crippen molar-refractivity contribution in [3.63, 3.8) is 0 Å². The monoisotopic (exact) mass is 390 g/mol. The van der Waals surface area contributed by atoms with Gasteiger partial charge in [-0.1, -0.05) is 103 Å². The Balaban J connectivity index is 1.86. The molecule has 0 unspecified atom stereocenters. The first-order valence-corrected chi connectivity index (χ1v) is 12.9. The SMILES string of the molecule is C[Si](C)(c1ccccc1)c1cc2ccc3cccnc3c2nc1-c1ccccc1. The summed E-state index contributed by atoms with van der Waals surface area (Å²) in [6, 6.07) is 32.2. The highest BCUT2D eigenvalue weighted by molar-refractivity contribution is 7.01. The van der Waals surface area contributed by atoms with E-state index in [0.29, 0.717) is 0 Å². The van der Waals surface area contributed by atoms with Crippen molar-refractivity contribution in [2.45, 2.75) is 13.1 Å². The standard InChI is InChI=1S/C26H22N2Si/c1-29(2,22-13-7-4-8-14-22)23-18-21-16-15-20-12-9-17-27-25(20)26(21)28-24(23)19-10-5-3-6-11-19/h3-18H,1-2H3. The zero-order valence-corrected chi connectivity index (χ0v) is 17.6. The predicted molar refractivity (Wildman–Crippen MR) is 126 cm³/mol. The third-order valence-corrected chi connectivity index (χ3v) is 9.28. The van der Waals surface area contributed by atoms with Gasteiger partial charge in [0.05, 0.1) is 16.7 Å². The highest BCUT2D eigenvalue weighted by Gasteiger charge is 2.30. The molecule has 2 aromatic heterocycles. The van der Waals surface area contributed by atoms with E-state index in [-0.39, 0.29) is 0 Å². The van der Waals surface area contributed by atoms with Gasteiger partial charge in [-0.15, -0.1) is 0 Å². The van der Waals surface area contributed by atoms with Crippen molar-refractivity contribution >= 4 is 40.3 Å². The largest absolute Gasteiger partial charge is 0.254 e. The lowest BCUT2D eigenvalue weighted by Crippen LogP contribution is -2.53. The van der Waals surface area contributed by atoms with Crippen molar-refractivity contribution in [2.24, 2.45) is 0 Å². The fourth-order valence-electron chi connectivity index (χ4n) is 4.08. The Morgan fingerprint density at radius 2 is 1.34 bits per heavy atom. The molecule has 2 heterocycles. The van der Waals surface area contributed by atoms with Crippen LogP contribution in [0.25, 0.3) is 33.1 Å². The molecule has 140 valence electrons. The summed E-state index contributed by atoms with van der Waals surface area (Å²) in [7, 11) is -1.95. The maximum Gasteiger partial charge on any atom is 0.115 e. The maximum absolute atomic E-state index is 5.24. The number of benzene rings is 3. The van der Waals surface area contributed by atoms with Crippen LogP contribution in [0.5, 0.6) is 0 Å². The fourth-order valence-corrected chi connectivity index (χ4v) is 6.72. The minimum atomic E-state index is -1.95. The minimum absolute atomic E-state index is 0.966. The van der Waals surface area contributed by atoms with Crippen LogP contribution in [0.1, 0.15) is 0 Å². The van der Waals surface area contributed by atoms with Crippen molar-refractivity contribution in [2.75, 3.05) is 0 Å². The van der Waals surface area contributed by atoms with Crippen LogP contribution in [-0.2, 0) is 0 Å². The number of hydrogen-bond acceptors (Lipinski definition) is 2. The zero-order chi connectivity index (χ0) is 19.8. The van der Waals surface area contributed by atoms with E-state index < -0.39 is 8.07 Å². The first-order chi connectivity index (χ1) is 14.1. The van der Waals surface area contributed by atoms with Crippen LogP contribution in [0.15, 0.2) is 97.2 Å². The van der Waals surface area contributed by atoms with Crippen LogP contribution in [0.2, 0.25) is 13.1 Å². The molecule has 5 aromatic rings. The zero-order valence-electron chi connectivity index (χ0n) is 16.6. The first kappa shape index (κ1) is 17.8. The molecule has 3 heteroatoms. The van der Waals surface area contributed by atoms with Crippen LogP contribution in [0.4, 0.5) is 0 Å². The van der Waals surface area contributed by atoms with Gasteiger partial charge in [0.2, 0.25) is 0 Å². The maximum atomic E-state index is 5.24. The van der Waals surface area contributed by atoms with Gasteiger partial charge in [-0.3, -0.25) is 4.98 Å². The van der Waals surface area contributed by atoms with Crippen molar-refractivity contribution in [3.8, 4) is 11.3 Å². The van der Waals surface area contributed by atoms with E-state index in [2.05, 4.69) is 103 Å². The van der Waals surface area contributed by atoms with E-state index in [1.807, 2.05) is 12.3 Å². The summed E-state index contributed by atoms with van der Waals surface area (Å²) in [4.78, 5) is 9.88. The van der Waals surface area contributed by atoms with Gasteiger partial charge < -0.3 is 0 Å². The molecular weight excluding hydrogens is 368 g/mol. The van der Waals surface area contributed by atoms with Crippen LogP contribution in [0, 0.1) is 0 Å². The second kappa shape index (κ2) is 6.94. The molecule has 0 N–H and O–H groups in total. The Bertz CT molecular complexity index is 1310. The molecule has 0 aliphatic carbocycles. The van der Waals surface area contributed by atoms with Crippen molar-refractivity contribution in [1.29, 1.82) is 0 Å². The Hall–Kier alpha value is -3.30. The number of pyridine rings is 2. The Labute approximate surface area is 171 Å². The summed E-state index contributed by atoms with van der Waals surface area (Å²) < 4.78 is 0. The highest BCUT2D eigenvalue weighted by Crippen LogP contribution is 2.26. The average molecular weight is 391 g/mol. The van der Waals surface area contributed by atoms with Crippen LogP contribution >= 0.6 is 0 Å². The first-order valence-electron chi connectivity index (χ1n) is 9.94. The van der Waals surface area contributed by atoms with Crippen molar-refractivity contribution < 1.29 is 0 Å². The Morgan fingerprint density at radius 3 is 2.10 bits per heavy atom. The normalized spacial score (nSPS) is 11.8. The lowest BCUT2D eigenvalue weighted by Gasteiger charge is -2.26. The molecule has 29 heavy (non-hydrogen) atoms. The molecule has 0 aliphatic rings. The molecule has 2 nitrogen and oxygen atoms in total. The van der Waals surface area contributed by atoms with Gasteiger partial charge in [0.1, 0.15) is 8.07 Å². The number of hydrogen-bond donors (Lipinski definition) is 0.